The van der Waals surface area contributed by atoms with Gasteiger partial charge in [0.05, 0.1) is 6.42 Å². The Morgan fingerprint density at radius 1 is 1.25 bits per heavy atom. The van der Waals surface area contributed by atoms with Gasteiger partial charge in [0, 0.05) is 10.6 Å². The third kappa shape index (κ3) is 2.51. The van der Waals surface area contributed by atoms with E-state index in [4.69, 9.17) is 21.1 Å². The van der Waals surface area contributed by atoms with Gasteiger partial charge in [0.1, 0.15) is 5.52 Å². The Hall–Kier alpha value is -2.33. The second kappa shape index (κ2) is 4.98. The Morgan fingerprint density at radius 3 is 2.90 bits per heavy atom. The number of carboxylic acid groups (broad SMARTS) is 1. The number of aliphatic carboxylic acids is 1. The van der Waals surface area contributed by atoms with E-state index >= 15 is 0 Å². The van der Waals surface area contributed by atoms with Crippen molar-refractivity contribution in [3.8, 4) is 11.5 Å². The molecule has 0 amide bonds. The molecule has 3 rings (SSSR count). The zero-order valence-electron chi connectivity index (χ0n) is 10.3. The maximum absolute atomic E-state index is 10.7. The molecule has 1 N–H and O–H groups in total. The molecule has 4 nitrogen and oxygen atoms in total. The van der Waals surface area contributed by atoms with Gasteiger partial charge >= 0.3 is 5.97 Å². The van der Waals surface area contributed by atoms with E-state index in [0.717, 1.165) is 5.56 Å². The number of hydrogen-bond acceptors (Lipinski definition) is 3. The normalized spacial score (nSPS) is 10.8. The van der Waals surface area contributed by atoms with Crippen molar-refractivity contribution in [2.24, 2.45) is 0 Å². The lowest BCUT2D eigenvalue weighted by Crippen LogP contribution is -1.99. The first-order chi connectivity index (χ1) is 9.61. The molecule has 0 atom stereocenters. The molecule has 100 valence electrons. The minimum Gasteiger partial charge on any atom is -0.481 e. The van der Waals surface area contributed by atoms with Gasteiger partial charge < -0.3 is 9.52 Å². The first kappa shape index (κ1) is 12.7. The van der Waals surface area contributed by atoms with Crippen molar-refractivity contribution in [1.29, 1.82) is 0 Å². The summed E-state index contributed by atoms with van der Waals surface area (Å²) in [6, 6.07) is 12.4. The molecule has 0 bridgehead atoms. The molecule has 3 aromatic rings. The van der Waals surface area contributed by atoms with Crippen LogP contribution < -0.4 is 0 Å². The van der Waals surface area contributed by atoms with Crippen LogP contribution in [0.2, 0.25) is 5.02 Å². The van der Waals surface area contributed by atoms with Crippen molar-refractivity contribution in [3.63, 3.8) is 0 Å². The number of carboxylic acids is 1. The minimum atomic E-state index is -0.869. The van der Waals surface area contributed by atoms with Gasteiger partial charge in [0.25, 0.3) is 0 Å². The first-order valence-electron chi connectivity index (χ1n) is 5.99. The highest BCUT2D eigenvalue weighted by atomic mass is 35.5. The molecule has 1 heterocycles. The van der Waals surface area contributed by atoms with Crippen molar-refractivity contribution in [2.75, 3.05) is 0 Å². The lowest BCUT2D eigenvalue weighted by atomic mass is 10.1. The Kier molecular flexibility index (Phi) is 3.16. The number of oxazole rings is 1. The summed E-state index contributed by atoms with van der Waals surface area (Å²) in [6.07, 6.45) is -0.0279. The number of fused-ring (bicyclic) bond motifs is 1. The molecule has 0 aliphatic rings. The molecule has 0 radical (unpaired) electrons. The summed E-state index contributed by atoms with van der Waals surface area (Å²) in [4.78, 5) is 15.1. The molecule has 1 aromatic heterocycles. The van der Waals surface area contributed by atoms with Crippen LogP contribution in [0.4, 0.5) is 0 Å². The number of benzene rings is 2. The Morgan fingerprint density at radius 2 is 2.10 bits per heavy atom. The molecule has 0 aliphatic heterocycles. The summed E-state index contributed by atoms with van der Waals surface area (Å²) in [5.74, 6) is -0.416. The first-order valence-corrected chi connectivity index (χ1v) is 6.37. The fraction of sp³-hybridized carbons (Fsp3) is 0.0667. The summed E-state index contributed by atoms with van der Waals surface area (Å²) in [5.41, 5.74) is 2.77. The molecular formula is C15H10ClNO3. The van der Waals surface area contributed by atoms with Crippen LogP contribution in [0.5, 0.6) is 0 Å². The number of nitrogens with zero attached hydrogens (tertiary/aromatic N) is 1. The third-order valence-corrected chi connectivity index (χ3v) is 3.11. The second-order valence-electron chi connectivity index (χ2n) is 4.40. The highest BCUT2D eigenvalue weighted by molar-refractivity contribution is 6.31. The van der Waals surface area contributed by atoms with Crippen molar-refractivity contribution in [3.05, 3.63) is 53.1 Å². The zero-order chi connectivity index (χ0) is 14.1. The van der Waals surface area contributed by atoms with E-state index in [0.29, 0.717) is 27.6 Å². The van der Waals surface area contributed by atoms with Crippen molar-refractivity contribution in [1.82, 2.24) is 4.98 Å². The zero-order valence-corrected chi connectivity index (χ0v) is 11.1. The summed E-state index contributed by atoms with van der Waals surface area (Å²) in [6.45, 7) is 0. The van der Waals surface area contributed by atoms with E-state index in [-0.39, 0.29) is 6.42 Å². The van der Waals surface area contributed by atoms with Crippen LogP contribution in [0.15, 0.2) is 46.9 Å². The topological polar surface area (TPSA) is 63.3 Å². The van der Waals surface area contributed by atoms with E-state index in [2.05, 4.69) is 4.98 Å². The molecule has 2 aromatic carbocycles. The molecule has 0 spiro atoms. The summed E-state index contributed by atoms with van der Waals surface area (Å²) >= 11 is 5.91. The van der Waals surface area contributed by atoms with Crippen molar-refractivity contribution >= 4 is 28.7 Å². The largest absolute Gasteiger partial charge is 0.481 e. The van der Waals surface area contributed by atoms with Crippen LogP contribution in [0.1, 0.15) is 5.56 Å². The fourth-order valence-electron chi connectivity index (χ4n) is 2.01. The van der Waals surface area contributed by atoms with Gasteiger partial charge in [-0.25, -0.2) is 4.98 Å². The van der Waals surface area contributed by atoms with Crippen LogP contribution in [-0.2, 0) is 11.2 Å². The number of aromatic nitrogens is 1. The van der Waals surface area contributed by atoms with Crippen LogP contribution >= 0.6 is 11.6 Å². The van der Waals surface area contributed by atoms with Crippen LogP contribution in [0, 0.1) is 0 Å². The molecule has 20 heavy (non-hydrogen) atoms. The highest BCUT2D eigenvalue weighted by Gasteiger charge is 2.10. The quantitative estimate of drug-likeness (QED) is 0.796. The standard InChI is InChI=1S/C15H10ClNO3/c16-11-4-5-13-12(8-11)17-15(20-13)10-3-1-2-9(6-10)7-14(18)19/h1-6,8H,7H2,(H,18,19). The Labute approximate surface area is 119 Å². The van der Waals surface area contributed by atoms with Gasteiger partial charge in [-0.1, -0.05) is 23.7 Å². The Bertz CT molecular complexity index is 795. The Balaban J connectivity index is 2.03. The van der Waals surface area contributed by atoms with Gasteiger partial charge in [0.15, 0.2) is 5.58 Å². The van der Waals surface area contributed by atoms with Gasteiger partial charge in [-0.05, 0) is 35.9 Å². The van der Waals surface area contributed by atoms with Gasteiger partial charge in [-0.15, -0.1) is 0 Å². The van der Waals surface area contributed by atoms with Crippen LogP contribution in [0.3, 0.4) is 0 Å². The molecule has 0 aliphatic carbocycles. The van der Waals surface area contributed by atoms with Crippen molar-refractivity contribution < 1.29 is 14.3 Å². The fourth-order valence-corrected chi connectivity index (χ4v) is 2.18. The lowest BCUT2D eigenvalue weighted by molar-refractivity contribution is -0.136. The predicted octanol–water partition coefficient (Wildman–Crippen LogP) is 3.78. The molecule has 5 heteroatoms. The summed E-state index contributed by atoms with van der Waals surface area (Å²) < 4.78 is 5.65. The monoisotopic (exact) mass is 287 g/mol. The predicted molar refractivity (Wildman–Crippen MR) is 75.8 cm³/mol. The van der Waals surface area contributed by atoms with E-state index < -0.39 is 5.97 Å². The minimum absolute atomic E-state index is 0.0279. The number of halogens is 1. The molecule has 0 saturated carbocycles. The van der Waals surface area contributed by atoms with E-state index in [1.54, 1.807) is 36.4 Å². The van der Waals surface area contributed by atoms with Gasteiger partial charge in [0.2, 0.25) is 5.89 Å². The maximum atomic E-state index is 10.7. The highest BCUT2D eigenvalue weighted by Crippen LogP contribution is 2.26. The van der Waals surface area contributed by atoms with E-state index in [9.17, 15) is 4.79 Å². The van der Waals surface area contributed by atoms with E-state index in [1.807, 2.05) is 6.07 Å². The molecule has 0 fully saturated rings. The second-order valence-corrected chi connectivity index (χ2v) is 4.84. The van der Waals surface area contributed by atoms with Crippen LogP contribution in [0.25, 0.3) is 22.6 Å². The summed E-state index contributed by atoms with van der Waals surface area (Å²) in [7, 11) is 0. The lowest BCUT2D eigenvalue weighted by Gasteiger charge is -1.99. The van der Waals surface area contributed by atoms with Gasteiger partial charge in [-0.2, -0.15) is 0 Å². The third-order valence-electron chi connectivity index (χ3n) is 2.88. The van der Waals surface area contributed by atoms with E-state index in [1.165, 1.54) is 0 Å². The molecule has 0 saturated heterocycles. The van der Waals surface area contributed by atoms with Crippen LogP contribution in [-0.4, -0.2) is 16.1 Å². The maximum Gasteiger partial charge on any atom is 0.307 e. The number of carbonyl (C=O) groups is 1. The molecular weight excluding hydrogens is 278 g/mol. The molecule has 0 unspecified atom stereocenters. The summed E-state index contributed by atoms with van der Waals surface area (Å²) in [5, 5.41) is 9.41. The average molecular weight is 288 g/mol. The number of hydrogen-bond donors (Lipinski definition) is 1. The number of rotatable bonds is 3. The van der Waals surface area contributed by atoms with Crippen molar-refractivity contribution in [2.45, 2.75) is 6.42 Å². The smallest absolute Gasteiger partial charge is 0.307 e. The average Bonchev–Trinajstić information content (AvgIpc) is 2.81. The van der Waals surface area contributed by atoms with Gasteiger partial charge in [-0.3, -0.25) is 4.79 Å². The SMILES string of the molecule is O=C(O)Cc1cccc(-c2nc3cc(Cl)ccc3o2)c1.